The molecule has 2 unspecified atom stereocenters. The maximum Gasteiger partial charge on any atom is 0.242 e. The fraction of sp³-hybridized carbons (Fsp3) is 0.222. The lowest BCUT2D eigenvalue weighted by Gasteiger charge is -2.11. The van der Waals surface area contributed by atoms with Gasteiger partial charge in [0.05, 0.1) is 7.05 Å². The van der Waals surface area contributed by atoms with E-state index in [0.717, 1.165) is 11.1 Å². The molecule has 138 valence electrons. The first kappa shape index (κ1) is 17.3. The van der Waals surface area contributed by atoms with Crippen molar-refractivity contribution in [3.05, 3.63) is 59.9 Å². The number of hydrazine groups is 1. The molecule has 8 nitrogen and oxygen atoms in total. The lowest BCUT2D eigenvalue weighted by molar-refractivity contribution is -0.117. The number of rotatable bonds is 4. The van der Waals surface area contributed by atoms with Crippen LogP contribution in [0.4, 0.5) is 10.1 Å². The number of nitrogens with zero attached hydrogens (tertiary/aromatic N) is 4. The molecular weight excluding hydrogens is 349 g/mol. The monoisotopic (exact) mass is 367 g/mol. The summed E-state index contributed by atoms with van der Waals surface area (Å²) in [5, 5.41) is 14.8. The molecule has 1 saturated heterocycles. The fourth-order valence-corrected chi connectivity index (χ4v) is 3.01. The van der Waals surface area contributed by atoms with E-state index in [1.165, 1.54) is 16.9 Å². The maximum atomic E-state index is 13.1. The zero-order chi connectivity index (χ0) is 18.8. The first-order valence-corrected chi connectivity index (χ1v) is 8.50. The van der Waals surface area contributed by atoms with E-state index in [0.29, 0.717) is 17.9 Å². The maximum absolute atomic E-state index is 13.1. The summed E-state index contributed by atoms with van der Waals surface area (Å²) in [5.41, 5.74) is 8.42. The van der Waals surface area contributed by atoms with Gasteiger partial charge in [-0.2, -0.15) is 4.80 Å². The summed E-state index contributed by atoms with van der Waals surface area (Å²) in [6, 6.07) is 13.1. The van der Waals surface area contributed by atoms with Crippen molar-refractivity contribution in [3.63, 3.8) is 0 Å². The summed E-state index contributed by atoms with van der Waals surface area (Å²) in [6.45, 7) is 0. The average Bonchev–Trinajstić information content (AvgIpc) is 3.32. The molecule has 1 aromatic heterocycles. The summed E-state index contributed by atoms with van der Waals surface area (Å²) in [6.07, 6.45) is 0.558. The van der Waals surface area contributed by atoms with Gasteiger partial charge in [0.15, 0.2) is 0 Å². The van der Waals surface area contributed by atoms with Crippen LogP contribution in [0.5, 0.6) is 0 Å². The van der Waals surface area contributed by atoms with Crippen LogP contribution in [0.1, 0.15) is 18.0 Å². The van der Waals surface area contributed by atoms with E-state index in [1.54, 1.807) is 31.3 Å². The Balaban J connectivity index is 1.42. The number of benzene rings is 2. The number of carbonyl (C=O) groups is 1. The fourth-order valence-electron chi connectivity index (χ4n) is 3.01. The molecule has 0 saturated carbocycles. The second-order valence-corrected chi connectivity index (χ2v) is 6.35. The molecule has 0 aliphatic carbocycles. The Hall–Kier alpha value is -3.17. The lowest BCUT2D eigenvalue weighted by Crippen LogP contribution is -2.39. The highest BCUT2D eigenvalue weighted by Crippen LogP contribution is 2.24. The molecule has 9 heteroatoms. The zero-order valence-corrected chi connectivity index (χ0v) is 14.6. The van der Waals surface area contributed by atoms with Crippen molar-refractivity contribution in [1.29, 1.82) is 0 Å². The largest absolute Gasteiger partial charge is 0.325 e. The standard InChI is InChI=1S/C18H18FN7O/c1-26-24-17(23-25-26)12-3-2-4-14(9-12)20-18(27)16-10-15(21-22-16)11-5-7-13(19)8-6-11/h2-9,15-16,21-22H,10H2,1H3,(H,20,27). The molecule has 1 aliphatic rings. The van der Waals surface area contributed by atoms with Gasteiger partial charge in [0, 0.05) is 17.3 Å². The number of aromatic nitrogens is 4. The first-order chi connectivity index (χ1) is 13.1. The molecular formula is C18H18FN7O. The summed E-state index contributed by atoms with van der Waals surface area (Å²) in [7, 11) is 1.69. The molecule has 27 heavy (non-hydrogen) atoms. The van der Waals surface area contributed by atoms with E-state index < -0.39 is 6.04 Å². The smallest absolute Gasteiger partial charge is 0.242 e. The topological polar surface area (TPSA) is 96.8 Å². The van der Waals surface area contributed by atoms with Crippen LogP contribution >= 0.6 is 0 Å². The Morgan fingerprint density at radius 2 is 2.04 bits per heavy atom. The second kappa shape index (κ2) is 7.22. The Morgan fingerprint density at radius 1 is 1.22 bits per heavy atom. The molecule has 1 amide bonds. The number of halogens is 1. The molecule has 1 fully saturated rings. The minimum atomic E-state index is -0.404. The number of amides is 1. The van der Waals surface area contributed by atoms with Crippen molar-refractivity contribution < 1.29 is 9.18 Å². The van der Waals surface area contributed by atoms with Crippen LogP contribution in [-0.2, 0) is 11.8 Å². The van der Waals surface area contributed by atoms with Crippen LogP contribution < -0.4 is 16.2 Å². The van der Waals surface area contributed by atoms with Gasteiger partial charge < -0.3 is 5.32 Å². The predicted molar refractivity (Wildman–Crippen MR) is 96.7 cm³/mol. The van der Waals surface area contributed by atoms with Gasteiger partial charge in [0.25, 0.3) is 0 Å². The van der Waals surface area contributed by atoms with Gasteiger partial charge in [-0.15, -0.1) is 10.2 Å². The Morgan fingerprint density at radius 3 is 2.78 bits per heavy atom. The highest BCUT2D eigenvalue weighted by molar-refractivity contribution is 5.95. The van der Waals surface area contributed by atoms with Crippen molar-refractivity contribution >= 4 is 11.6 Å². The zero-order valence-electron chi connectivity index (χ0n) is 14.6. The number of aryl methyl sites for hydroxylation is 1. The van der Waals surface area contributed by atoms with E-state index in [9.17, 15) is 9.18 Å². The quantitative estimate of drug-likeness (QED) is 0.648. The van der Waals surface area contributed by atoms with Crippen molar-refractivity contribution in [2.24, 2.45) is 7.05 Å². The first-order valence-electron chi connectivity index (χ1n) is 8.50. The Labute approximate surface area is 154 Å². The number of tetrazole rings is 1. The van der Waals surface area contributed by atoms with E-state index in [-0.39, 0.29) is 17.8 Å². The van der Waals surface area contributed by atoms with E-state index in [2.05, 4.69) is 31.6 Å². The second-order valence-electron chi connectivity index (χ2n) is 6.35. The minimum Gasteiger partial charge on any atom is -0.325 e. The highest BCUT2D eigenvalue weighted by atomic mass is 19.1. The molecule has 2 aromatic carbocycles. The third-order valence-corrected chi connectivity index (χ3v) is 4.39. The molecule has 1 aliphatic heterocycles. The molecule has 2 atom stereocenters. The summed E-state index contributed by atoms with van der Waals surface area (Å²) >= 11 is 0. The van der Waals surface area contributed by atoms with Gasteiger partial charge in [-0.25, -0.2) is 15.2 Å². The molecule has 3 N–H and O–H groups in total. The van der Waals surface area contributed by atoms with Gasteiger partial charge >= 0.3 is 0 Å². The van der Waals surface area contributed by atoms with Crippen LogP contribution in [0, 0.1) is 5.82 Å². The Kier molecular flexibility index (Phi) is 4.61. The highest BCUT2D eigenvalue weighted by Gasteiger charge is 2.30. The SMILES string of the molecule is Cn1nnc(-c2cccc(NC(=O)C3CC(c4ccc(F)cc4)NN3)c2)n1. The van der Waals surface area contributed by atoms with Crippen LogP contribution in [-0.4, -0.2) is 32.2 Å². The van der Waals surface area contributed by atoms with Crippen molar-refractivity contribution in [2.45, 2.75) is 18.5 Å². The van der Waals surface area contributed by atoms with E-state index in [4.69, 9.17) is 0 Å². The van der Waals surface area contributed by atoms with Crippen LogP contribution in [0.2, 0.25) is 0 Å². The number of hydrogen-bond donors (Lipinski definition) is 3. The summed E-state index contributed by atoms with van der Waals surface area (Å²) in [4.78, 5) is 14.0. The normalized spacial score (nSPS) is 19.2. The van der Waals surface area contributed by atoms with Gasteiger partial charge in [0.1, 0.15) is 11.9 Å². The molecule has 0 spiro atoms. The van der Waals surface area contributed by atoms with Crippen molar-refractivity contribution in [1.82, 2.24) is 31.1 Å². The van der Waals surface area contributed by atoms with E-state index >= 15 is 0 Å². The van der Waals surface area contributed by atoms with Gasteiger partial charge in [-0.3, -0.25) is 4.79 Å². The number of carbonyl (C=O) groups excluding carboxylic acids is 1. The minimum absolute atomic E-state index is 0.0588. The summed E-state index contributed by atoms with van der Waals surface area (Å²) in [5.74, 6) is 0.0541. The molecule has 3 aromatic rings. The van der Waals surface area contributed by atoms with Gasteiger partial charge in [-0.05, 0) is 41.5 Å². The Bertz CT molecular complexity index is 956. The van der Waals surface area contributed by atoms with Gasteiger partial charge in [0.2, 0.25) is 11.7 Å². The average molecular weight is 367 g/mol. The third-order valence-electron chi connectivity index (χ3n) is 4.39. The molecule has 0 radical (unpaired) electrons. The lowest BCUT2D eigenvalue weighted by atomic mass is 10.0. The van der Waals surface area contributed by atoms with Crippen LogP contribution in [0.3, 0.4) is 0 Å². The molecule has 0 bridgehead atoms. The summed E-state index contributed by atoms with van der Waals surface area (Å²) < 4.78 is 13.1. The molecule has 2 heterocycles. The van der Waals surface area contributed by atoms with Gasteiger partial charge in [-0.1, -0.05) is 24.3 Å². The van der Waals surface area contributed by atoms with Crippen molar-refractivity contribution in [2.75, 3.05) is 5.32 Å². The third kappa shape index (κ3) is 3.83. The molecule has 4 rings (SSSR count). The number of nitrogens with one attached hydrogen (secondary N) is 3. The van der Waals surface area contributed by atoms with Crippen LogP contribution in [0.15, 0.2) is 48.5 Å². The predicted octanol–water partition coefficient (Wildman–Crippen LogP) is 1.56. The number of anilines is 1. The van der Waals surface area contributed by atoms with Crippen molar-refractivity contribution in [3.8, 4) is 11.4 Å². The number of hydrogen-bond acceptors (Lipinski definition) is 6. The van der Waals surface area contributed by atoms with E-state index in [1.807, 2.05) is 12.1 Å². The van der Waals surface area contributed by atoms with Crippen LogP contribution in [0.25, 0.3) is 11.4 Å².